The molecule has 1 aromatic heterocycles. The first-order valence-corrected chi connectivity index (χ1v) is 8.49. The van der Waals surface area contributed by atoms with Crippen LogP contribution in [0.2, 0.25) is 0 Å². The number of nitrogens with one attached hydrogen (secondary N) is 1. The van der Waals surface area contributed by atoms with Gasteiger partial charge in [-0.2, -0.15) is 0 Å². The van der Waals surface area contributed by atoms with Crippen LogP contribution in [0.1, 0.15) is 11.1 Å². The van der Waals surface area contributed by atoms with Crippen molar-refractivity contribution in [3.63, 3.8) is 0 Å². The number of esters is 1. The van der Waals surface area contributed by atoms with Crippen LogP contribution in [-0.4, -0.2) is 34.4 Å². The average molecular weight is 352 g/mol. The van der Waals surface area contributed by atoms with E-state index in [0.717, 1.165) is 11.1 Å². The van der Waals surface area contributed by atoms with Gasteiger partial charge >= 0.3 is 5.97 Å². The molecule has 0 aliphatic carbocycles. The molecule has 0 atom stereocenters. The van der Waals surface area contributed by atoms with E-state index in [-0.39, 0.29) is 18.3 Å². The molecule has 0 aliphatic heterocycles. The van der Waals surface area contributed by atoms with Gasteiger partial charge in [0, 0.05) is 5.69 Å². The van der Waals surface area contributed by atoms with Crippen molar-refractivity contribution >= 4 is 45.8 Å². The van der Waals surface area contributed by atoms with E-state index in [1.807, 2.05) is 32.0 Å². The number of hydrogen-bond acceptors (Lipinski definition) is 8. The number of carbonyl (C=O) groups is 2. The average Bonchev–Trinajstić information content (AvgIpc) is 2.91. The molecule has 2 aromatic rings. The van der Waals surface area contributed by atoms with Crippen molar-refractivity contribution in [1.82, 2.24) is 10.2 Å². The van der Waals surface area contributed by atoms with E-state index in [1.165, 1.54) is 23.1 Å². The standard InChI is InChI=1S/C14H16N4O3S2/c1-8-3-4-10(9(2)5-8)16-11(19)6-21-12(20)7-22-14-18-17-13(15)23-14/h3-5H,6-7H2,1-2H3,(H2,15,17)(H,16,19). The van der Waals surface area contributed by atoms with Crippen molar-refractivity contribution in [2.24, 2.45) is 0 Å². The van der Waals surface area contributed by atoms with Crippen molar-refractivity contribution in [3.8, 4) is 0 Å². The fraction of sp³-hybridized carbons (Fsp3) is 0.286. The van der Waals surface area contributed by atoms with E-state index in [0.29, 0.717) is 15.2 Å². The summed E-state index contributed by atoms with van der Waals surface area (Å²) in [5.41, 5.74) is 8.21. The Balaban J connectivity index is 1.74. The molecular weight excluding hydrogens is 336 g/mol. The Morgan fingerprint density at radius 3 is 2.78 bits per heavy atom. The van der Waals surface area contributed by atoms with Gasteiger partial charge in [0.1, 0.15) is 0 Å². The summed E-state index contributed by atoms with van der Waals surface area (Å²) in [5.74, 6) is -0.833. The number of rotatable bonds is 6. The van der Waals surface area contributed by atoms with Gasteiger partial charge in [0.2, 0.25) is 5.13 Å². The molecule has 0 unspecified atom stereocenters. The smallest absolute Gasteiger partial charge is 0.316 e. The van der Waals surface area contributed by atoms with Gasteiger partial charge in [0.15, 0.2) is 10.9 Å². The maximum absolute atomic E-state index is 11.8. The quantitative estimate of drug-likeness (QED) is 0.605. The van der Waals surface area contributed by atoms with Crippen LogP contribution in [0.3, 0.4) is 0 Å². The van der Waals surface area contributed by atoms with Crippen LogP contribution in [-0.2, 0) is 14.3 Å². The molecule has 0 spiro atoms. The number of amides is 1. The highest BCUT2D eigenvalue weighted by Crippen LogP contribution is 2.23. The summed E-state index contributed by atoms with van der Waals surface area (Å²) in [6, 6.07) is 5.69. The minimum atomic E-state index is -0.500. The van der Waals surface area contributed by atoms with Gasteiger partial charge in [-0.25, -0.2) is 0 Å². The van der Waals surface area contributed by atoms with Crippen LogP contribution in [0.4, 0.5) is 10.8 Å². The molecule has 0 radical (unpaired) electrons. The van der Waals surface area contributed by atoms with Crippen LogP contribution >= 0.6 is 23.1 Å². The number of aromatic nitrogens is 2. The zero-order valence-corrected chi connectivity index (χ0v) is 14.3. The third-order valence-electron chi connectivity index (χ3n) is 2.76. The van der Waals surface area contributed by atoms with Gasteiger partial charge < -0.3 is 15.8 Å². The number of carbonyl (C=O) groups excluding carboxylic acids is 2. The van der Waals surface area contributed by atoms with Crippen LogP contribution in [0.15, 0.2) is 22.5 Å². The third kappa shape index (κ3) is 5.53. The molecule has 1 aromatic carbocycles. The summed E-state index contributed by atoms with van der Waals surface area (Å²) in [6.07, 6.45) is 0. The largest absolute Gasteiger partial charge is 0.455 e. The van der Waals surface area contributed by atoms with Crippen molar-refractivity contribution in [2.45, 2.75) is 18.2 Å². The predicted octanol–water partition coefficient (Wildman–Crippen LogP) is 2.01. The Kier molecular flexibility index (Phi) is 5.94. The highest BCUT2D eigenvalue weighted by molar-refractivity contribution is 8.01. The molecule has 1 amide bonds. The molecule has 0 fully saturated rings. The highest BCUT2D eigenvalue weighted by Gasteiger charge is 2.11. The van der Waals surface area contributed by atoms with E-state index in [2.05, 4.69) is 15.5 Å². The first-order valence-electron chi connectivity index (χ1n) is 6.68. The molecule has 0 saturated heterocycles. The van der Waals surface area contributed by atoms with Crippen LogP contribution < -0.4 is 11.1 Å². The molecule has 0 saturated carbocycles. The van der Waals surface area contributed by atoms with Crippen molar-refractivity contribution in [1.29, 1.82) is 0 Å². The van der Waals surface area contributed by atoms with Crippen molar-refractivity contribution < 1.29 is 14.3 Å². The fourth-order valence-corrected chi connectivity index (χ4v) is 3.16. The SMILES string of the molecule is Cc1ccc(NC(=O)COC(=O)CSc2nnc(N)s2)c(C)c1. The second-order valence-corrected chi connectivity index (χ2v) is 6.95. The fourth-order valence-electron chi connectivity index (χ4n) is 1.73. The number of anilines is 2. The number of thioether (sulfide) groups is 1. The second kappa shape index (κ2) is 7.93. The minimum absolute atomic E-state index is 0.0471. The lowest BCUT2D eigenvalue weighted by Gasteiger charge is -2.09. The summed E-state index contributed by atoms with van der Waals surface area (Å²) in [6.45, 7) is 3.55. The molecule has 7 nitrogen and oxygen atoms in total. The van der Waals surface area contributed by atoms with Crippen molar-refractivity contribution in [3.05, 3.63) is 29.3 Å². The van der Waals surface area contributed by atoms with E-state index in [9.17, 15) is 9.59 Å². The van der Waals surface area contributed by atoms with Gasteiger partial charge in [0.25, 0.3) is 5.91 Å². The maximum atomic E-state index is 11.8. The number of nitrogens with zero attached hydrogens (tertiary/aromatic N) is 2. The zero-order valence-electron chi connectivity index (χ0n) is 12.7. The monoisotopic (exact) mass is 352 g/mol. The van der Waals surface area contributed by atoms with Crippen LogP contribution in [0.5, 0.6) is 0 Å². The van der Waals surface area contributed by atoms with Gasteiger partial charge in [-0.15, -0.1) is 10.2 Å². The Morgan fingerprint density at radius 2 is 2.13 bits per heavy atom. The first-order chi connectivity index (χ1) is 10.9. The molecule has 3 N–H and O–H groups in total. The Morgan fingerprint density at radius 1 is 1.35 bits per heavy atom. The van der Waals surface area contributed by atoms with Crippen LogP contribution in [0.25, 0.3) is 0 Å². The van der Waals surface area contributed by atoms with Crippen LogP contribution in [0, 0.1) is 13.8 Å². The number of aryl methyl sites for hydroxylation is 2. The minimum Gasteiger partial charge on any atom is -0.455 e. The zero-order chi connectivity index (χ0) is 16.8. The highest BCUT2D eigenvalue weighted by atomic mass is 32.2. The summed E-state index contributed by atoms with van der Waals surface area (Å²) in [7, 11) is 0. The predicted molar refractivity (Wildman–Crippen MR) is 90.6 cm³/mol. The Hall–Kier alpha value is -2.13. The van der Waals surface area contributed by atoms with E-state index < -0.39 is 5.97 Å². The second-order valence-electron chi connectivity index (χ2n) is 4.72. The lowest BCUT2D eigenvalue weighted by molar-refractivity contribution is -0.144. The van der Waals surface area contributed by atoms with Crippen molar-refractivity contribution in [2.75, 3.05) is 23.4 Å². The summed E-state index contributed by atoms with van der Waals surface area (Å²) < 4.78 is 5.50. The molecule has 0 bridgehead atoms. The third-order valence-corrected chi connectivity index (χ3v) is 4.62. The Bertz CT molecular complexity index is 718. The summed E-state index contributed by atoms with van der Waals surface area (Å²) >= 11 is 2.36. The summed E-state index contributed by atoms with van der Waals surface area (Å²) in [4.78, 5) is 23.4. The van der Waals surface area contributed by atoms with E-state index in [4.69, 9.17) is 10.5 Å². The lowest BCUT2D eigenvalue weighted by Crippen LogP contribution is -2.22. The number of benzene rings is 1. The molecule has 0 aliphatic rings. The maximum Gasteiger partial charge on any atom is 0.316 e. The lowest BCUT2D eigenvalue weighted by atomic mass is 10.1. The Labute approximate surface area is 141 Å². The topological polar surface area (TPSA) is 107 Å². The van der Waals surface area contributed by atoms with Gasteiger partial charge in [-0.1, -0.05) is 40.8 Å². The molecule has 1 heterocycles. The molecule has 23 heavy (non-hydrogen) atoms. The molecular formula is C14H16N4O3S2. The molecule has 2 rings (SSSR count). The normalized spacial score (nSPS) is 10.3. The number of nitrogen functional groups attached to an aromatic ring is 1. The first kappa shape index (κ1) is 17.2. The molecule has 122 valence electrons. The van der Waals surface area contributed by atoms with E-state index in [1.54, 1.807) is 0 Å². The number of ether oxygens (including phenoxy) is 1. The van der Waals surface area contributed by atoms with Gasteiger partial charge in [0.05, 0.1) is 5.75 Å². The number of nitrogens with two attached hydrogens (primary N) is 1. The summed E-state index contributed by atoms with van der Waals surface area (Å²) in [5, 5.41) is 10.5. The molecule has 9 heteroatoms. The van der Waals surface area contributed by atoms with Gasteiger partial charge in [-0.3, -0.25) is 9.59 Å². The van der Waals surface area contributed by atoms with E-state index >= 15 is 0 Å². The number of hydrogen-bond donors (Lipinski definition) is 2. The van der Waals surface area contributed by atoms with Gasteiger partial charge in [-0.05, 0) is 25.5 Å².